The predicted octanol–water partition coefficient (Wildman–Crippen LogP) is 1.99. The van der Waals surface area contributed by atoms with Gasteiger partial charge in [0, 0.05) is 11.0 Å². The van der Waals surface area contributed by atoms with Gasteiger partial charge in [-0.15, -0.1) is 0 Å². The highest BCUT2D eigenvalue weighted by Crippen LogP contribution is 2.20. The van der Waals surface area contributed by atoms with Gasteiger partial charge in [-0.05, 0) is 6.92 Å². The Hall–Kier alpha value is -2.37. The van der Waals surface area contributed by atoms with Gasteiger partial charge in [-0.25, -0.2) is 9.59 Å². The SMILES string of the molecule is COC(=O)[C@H](OC(=O)[C@@H](C)NC(=O)C(C)(C)C)c1ccccc1. The van der Waals surface area contributed by atoms with Gasteiger partial charge in [0.05, 0.1) is 7.11 Å². The summed E-state index contributed by atoms with van der Waals surface area (Å²) in [4.78, 5) is 35.9. The van der Waals surface area contributed by atoms with Gasteiger partial charge >= 0.3 is 11.9 Å². The van der Waals surface area contributed by atoms with Crippen LogP contribution in [0.4, 0.5) is 0 Å². The molecule has 0 aromatic heterocycles. The van der Waals surface area contributed by atoms with Crippen molar-refractivity contribution in [3.63, 3.8) is 0 Å². The first kappa shape index (κ1) is 18.7. The summed E-state index contributed by atoms with van der Waals surface area (Å²) in [6.07, 6.45) is -1.16. The molecule has 0 radical (unpaired) electrons. The number of carbonyl (C=O) groups excluding carboxylic acids is 3. The summed E-state index contributed by atoms with van der Waals surface area (Å²) in [5.74, 6) is -1.67. The van der Waals surface area contributed by atoms with E-state index in [1.54, 1.807) is 51.1 Å². The second kappa shape index (κ2) is 7.76. The van der Waals surface area contributed by atoms with Gasteiger partial charge in [0.2, 0.25) is 12.0 Å². The van der Waals surface area contributed by atoms with Crippen LogP contribution in [-0.4, -0.2) is 31.0 Å². The molecule has 1 N–H and O–H groups in total. The largest absolute Gasteiger partial charge is 0.466 e. The fraction of sp³-hybridized carbons (Fsp3) is 0.471. The molecule has 2 atom stereocenters. The summed E-state index contributed by atoms with van der Waals surface area (Å²) in [6, 6.07) is 7.68. The number of hydrogen-bond acceptors (Lipinski definition) is 5. The molecule has 1 rings (SSSR count). The first-order valence-electron chi connectivity index (χ1n) is 7.31. The van der Waals surface area contributed by atoms with Gasteiger partial charge < -0.3 is 14.8 Å². The summed E-state index contributed by atoms with van der Waals surface area (Å²) in [7, 11) is 1.22. The minimum Gasteiger partial charge on any atom is -0.466 e. The molecule has 23 heavy (non-hydrogen) atoms. The smallest absolute Gasteiger partial charge is 0.351 e. The molecule has 0 aliphatic rings. The Morgan fingerprint density at radius 1 is 1.04 bits per heavy atom. The molecule has 6 nitrogen and oxygen atoms in total. The van der Waals surface area contributed by atoms with E-state index in [9.17, 15) is 14.4 Å². The fourth-order valence-electron chi connectivity index (χ4n) is 1.68. The third-order valence-corrected chi connectivity index (χ3v) is 3.13. The van der Waals surface area contributed by atoms with Crippen LogP contribution in [0.5, 0.6) is 0 Å². The number of esters is 2. The number of hydrogen-bond donors (Lipinski definition) is 1. The van der Waals surface area contributed by atoms with E-state index in [1.165, 1.54) is 14.0 Å². The van der Waals surface area contributed by atoms with Gasteiger partial charge in [0.15, 0.2) is 0 Å². The summed E-state index contributed by atoms with van der Waals surface area (Å²) in [5.41, 5.74) is -0.127. The summed E-state index contributed by atoms with van der Waals surface area (Å²) in [5, 5.41) is 2.57. The molecule has 0 bridgehead atoms. The second-order valence-electron chi connectivity index (χ2n) is 6.20. The van der Waals surface area contributed by atoms with E-state index in [4.69, 9.17) is 4.74 Å². The molecule has 1 aromatic rings. The molecule has 0 unspecified atom stereocenters. The van der Waals surface area contributed by atoms with Crippen LogP contribution in [0.15, 0.2) is 30.3 Å². The number of amides is 1. The van der Waals surface area contributed by atoms with Crippen molar-refractivity contribution in [2.75, 3.05) is 7.11 Å². The number of carbonyl (C=O) groups is 3. The summed E-state index contributed by atoms with van der Waals surface area (Å²) < 4.78 is 9.92. The summed E-state index contributed by atoms with van der Waals surface area (Å²) in [6.45, 7) is 6.72. The number of rotatable bonds is 5. The Kier molecular flexibility index (Phi) is 6.30. The van der Waals surface area contributed by atoms with Crippen molar-refractivity contribution < 1.29 is 23.9 Å². The number of methoxy groups -OCH3 is 1. The van der Waals surface area contributed by atoms with Gasteiger partial charge in [0.25, 0.3) is 0 Å². The number of benzene rings is 1. The minimum absolute atomic E-state index is 0.281. The van der Waals surface area contributed by atoms with Crippen LogP contribution in [0.25, 0.3) is 0 Å². The molecule has 126 valence electrons. The highest BCUT2D eigenvalue weighted by Gasteiger charge is 2.30. The Bertz CT molecular complexity index is 562. The molecular weight excluding hydrogens is 298 g/mol. The molecule has 6 heteroatoms. The van der Waals surface area contributed by atoms with Crippen molar-refractivity contribution in [1.82, 2.24) is 5.32 Å². The van der Waals surface area contributed by atoms with E-state index in [2.05, 4.69) is 10.1 Å². The van der Waals surface area contributed by atoms with Crippen LogP contribution < -0.4 is 5.32 Å². The predicted molar refractivity (Wildman–Crippen MR) is 84.4 cm³/mol. The lowest BCUT2D eigenvalue weighted by atomic mass is 9.95. The number of nitrogens with one attached hydrogen (secondary N) is 1. The van der Waals surface area contributed by atoms with E-state index in [1.807, 2.05) is 0 Å². The maximum Gasteiger partial charge on any atom is 0.351 e. The molecule has 1 aromatic carbocycles. The normalized spacial score (nSPS) is 13.6. The lowest BCUT2D eigenvalue weighted by molar-refractivity contribution is -0.168. The highest BCUT2D eigenvalue weighted by molar-refractivity contribution is 5.88. The van der Waals surface area contributed by atoms with Gasteiger partial charge in [-0.1, -0.05) is 51.1 Å². The van der Waals surface area contributed by atoms with E-state index in [0.29, 0.717) is 5.56 Å². The first-order chi connectivity index (χ1) is 10.7. The second-order valence-corrected chi connectivity index (χ2v) is 6.20. The Morgan fingerprint density at radius 2 is 1.61 bits per heavy atom. The van der Waals surface area contributed by atoms with Crippen LogP contribution >= 0.6 is 0 Å². The highest BCUT2D eigenvalue weighted by atomic mass is 16.6. The first-order valence-corrected chi connectivity index (χ1v) is 7.31. The molecule has 0 spiro atoms. The molecule has 0 fully saturated rings. The summed E-state index contributed by atoms with van der Waals surface area (Å²) >= 11 is 0. The van der Waals surface area contributed by atoms with Crippen molar-refractivity contribution in [3.8, 4) is 0 Å². The zero-order valence-electron chi connectivity index (χ0n) is 14.1. The average molecular weight is 321 g/mol. The van der Waals surface area contributed by atoms with E-state index in [-0.39, 0.29) is 5.91 Å². The van der Waals surface area contributed by atoms with Gasteiger partial charge in [-0.3, -0.25) is 4.79 Å². The van der Waals surface area contributed by atoms with Crippen molar-refractivity contribution >= 4 is 17.8 Å². The zero-order valence-corrected chi connectivity index (χ0v) is 14.1. The van der Waals surface area contributed by atoms with Gasteiger partial charge in [-0.2, -0.15) is 0 Å². The molecule has 0 heterocycles. The van der Waals surface area contributed by atoms with E-state index >= 15 is 0 Å². The quantitative estimate of drug-likeness (QED) is 0.839. The maximum absolute atomic E-state index is 12.2. The lowest BCUT2D eigenvalue weighted by Gasteiger charge is -2.23. The Morgan fingerprint density at radius 3 is 2.09 bits per heavy atom. The number of ether oxygens (including phenoxy) is 2. The van der Waals surface area contributed by atoms with Crippen LogP contribution in [0, 0.1) is 5.41 Å². The van der Waals surface area contributed by atoms with Crippen LogP contribution in [0.2, 0.25) is 0 Å². The topological polar surface area (TPSA) is 81.7 Å². The van der Waals surface area contributed by atoms with Crippen molar-refractivity contribution in [2.45, 2.75) is 39.8 Å². The monoisotopic (exact) mass is 321 g/mol. The standard InChI is InChI=1S/C17H23NO5/c1-11(18-16(21)17(2,3)4)14(19)23-13(15(20)22-5)12-9-7-6-8-10-12/h6-11,13H,1-5H3,(H,18,21)/t11-,13-/m1/s1. The van der Waals surface area contributed by atoms with Crippen LogP contribution in [0.3, 0.4) is 0 Å². The Balaban J connectivity index is 2.82. The molecule has 0 saturated carbocycles. The fourth-order valence-corrected chi connectivity index (χ4v) is 1.68. The molecular formula is C17H23NO5. The van der Waals surface area contributed by atoms with Crippen LogP contribution in [0.1, 0.15) is 39.4 Å². The van der Waals surface area contributed by atoms with Crippen molar-refractivity contribution in [3.05, 3.63) is 35.9 Å². The zero-order chi connectivity index (χ0) is 17.6. The third kappa shape index (κ3) is 5.39. The minimum atomic E-state index is -1.16. The molecule has 1 amide bonds. The van der Waals surface area contributed by atoms with Crippen molar-refractivity contribution in [2.24, 2.45) is 5.41 Å². The van der Waals surface area contributed by atoms with E-state index in [0.717, 1.165) is 0 Å². The molecule has 0 aliphatic carbocycles. The maximum atomic E-state index is 12.2. The van der Waals surface area contributed by atoms with Crippen molar-refractivity contribution in [1.29, 1.82) is 0 Å². The van der Waals surface area contributed by atoms with E-state index < -0.39 is 29.5 Å². The van der Waals surface area contributed by atoms with Crippen LogP contribution in [-0.2, 0) is 23.9 Å². The third-order valence-electron chi connectivity index (χ3n) is 3.13. The Labute approximate surface area is 136 Å². The lowest BCUT2D eigenvalue weighted by Crippen LogP contribution is -2.45. The molecule has 0 aliphatic heterocycles. The molecule has 0 saturated heterocycles. The van der Waals surface area contributed by atoms with Gasteiger partial charge in [0.1, 0.15) is 6.04 Å². The average Bonchev–Trinajstić information content (AvgIpc) is 2.51.